The Morgan fingerprint density at radius 2 is 1.17 bits per heavy atom. The molecule has 2 unspecified atom stereocenters. The van der Waals surface area contributed by atoms with Crippen molar-refractivity contribution in [2.75, 3.05) is 38.2 Å². The molecule has 0 rings (SSSR count). The summed E-state index contributed by atoms with van der Waals surface area (Å²) in [5.41, 5.74) is 0. The Morgan fingerprint density at radius 1 is 0.783 bits per heavy atom. The van der Waals surface area contributed by atoms with Crippen molar-refractivity contribution in [2.24, 2.45) is 0 Å². The summed E-state index contributed by atoms with van der Waals surface area (Å²) in [6, 6.07) is 0. The molecule has 0 amide bonds. The maximum Gasteiger partial charge on any atom is 0.332 e. The molecule has 0 aromatic rings. The minimum atomic E-state index is -2.34. The van der Waals surface area contributed by atoms with Gasteiger partial charge in [0.05, 0.1) is 25.4 Å². The SMILES string of the molecule is CCCCOCC(CCl)O[Si](C)(C)OC(CCl)COCCCC. The Bertz CT molecular complexity index is 246. The monoisotopic (exact) mass is 388 g/mol. The summed E-state index contributed by atoms with van der Waals surface area (Å²) >= 11 is 12.0. The van der Waals surface area contributed by atoms with E-state index in [4.69, 9.17) is 41.5 Å². The number of hydrogen-bond acceptors (Lipinski definition) is 4. The van der Waals surface area contributed by atoms with Crippen molar-refractivity contribution in [2.45, 2.75) is 64.8 Å². The van der Waals surface area contributed by atoms with Gasteiger partial charge < -0.3 is 18.3 Å². The van der Waals surface area contributed by atoms with Gasteiger partial charge in [0.25, 0.3) is 0 Å². The Kier molecular flexibility index (Phi) is 15.3. The van der Waals surface area contributed by atoms with Gasteiger partial charge in [-0.15, -0.1) is 23.2 Å². The average molecular weight is 389 g/mol. The number of alkyl halides is 2. The first-order valence-electron chi connectivity index (χ1n) is 8.62. The third kappa shape index (κ3) is 13.6. The summed E-state index contributed by atoms with van der Waals surface area (Å²) in [5.74, 6) is 0.787. The number of halogens is 2. The molecule has 0 bridgehead atoms. The zero-order chi connectivity index (χ0) is 17.6. The van der Waals surface area contributed by atoms with E-state index in [1.165, 1.54) is 0 Å². The van der Waals surface area contributed by atoms with Crippen LogP contribution in [0.4, 0.5) is 0 Å². The van der Waals surface area contributed by atoms with Gasteiger partial charge in [0.1, 0.15) is 0 Å². The first kappa shape index (κ1) is 23.6. The summed E-state index contributed by atoms with van der Waals surface area (Å²) < 4.78 is 23.4. The molecule has 2 atom stereocenters. The molecule has 0 heterocycles. The molecular formula is C16H34Cl2O4Si. The second-order valence-electron chi connectivity index (χ2n) is 6.05. The largest absolute Gasteiger partial charge is 0.388 e. The van der Waals surface area contributed by atoms with Gasteiger partial charge in [-0.3, -0.25) is 0 Å². The fourth-order valence-electron chi connectivity index (χ4n) is 1.97. The van der Waals surface area contributed by atoms with Crippen LogP contribution in [0, 0.1) is 0 Å². The second kappa shape index (κ2) is 14.9. The maximum absolute atomic E-state index is 6.07. The topological polar surface area (TPSA) is 36.9 Å². The molecule has 0 radical (unpaired) electrons. The third-order valence-electron chi connectivity index (χ3n) is 3.14. The Labute approximate surface area is 153 Å². The minimum Gasteiger partial charge on any atom is -0.388 e. The molecule has 0 aliphatic carbocycles. The van der Waals surface area contributed by atoms with Gasteiger partial charge in [0.2, 0.25) is 0 Å². The second-order valence-corrected chi connectivity index (χ2v) is 9.93. The molecule has 140 valence electrons. The van der Waals surface area contributed by atoms with E-state index in [0.29, 0.717) is 25.0 Å². The van der Waals surface area contributed by atoms with Gasteiger partial charge in [-0.2, -0.15) is 0 Å². The van der Waals surface area contributed by atoms with Crippen molar-refractivity contribution in [3.05, 3.63) is 0 Å². The predicted molar refractivity (Wildman–Crippen MR) is 100 cm³/mol. The quantitative estimate of drug-likeness (QED) is 0.220. The van der Waals surface area contributed by atoms with Gasteiger partial charge in [-0.25, -0.2) is 0 Å². The van der Waals surface area contributed by atoms with Crippen LogP contribution >= 0.6 is 23.2 Å². The van der Waals surface area contributed by atoms with Crippen molar-refractivity contribution in [3.8, 4) is 0 Å². The minimum absolute atomic E-state index is 0.146. The van der Waals surface area contributed by atoms with Gasteiger partial charge in [0, 0.05) is 25.0 Å². The van der Waals surface area contributed by atoms with Crippen LogP contribution in [0.25, 0.3) is 0 Å². The number of rotatable bonds is 16. The lowest BCUT2D eigenvalue weighted by atomic mass is 10.3. The molecule has 7 heteroatoms. The van der Waals surface area contributed by atoms with Gasteiger partial charge in [-0.1, -0.05) is 26.7 Å². The van der Waals surface area contributed by atoms with Crippen molar-refractivity contribution >= 4 is 31.8 Å². The molecule has 0 N–H and O–H groups in total. The van der Waals surface area contributed by atoms with Crippen LogP contribution in [-0.2, 0) is 18.3 Å². The smallest absolute Gasteiger partial charge is 0.332 e. The lowest BCUT2D eigenvalue weighted by Crippen LogP contribution is -2.45. The van der Waals surface area contributed by atoms with Crippen LogP contribution in [0.5, 0.6) is 0 Å². The first-order valence-corrected chi connectivity index (χ1v) is 12.5. The van der Waals surface area contributed by atoms with E-state index in [1.54, 1.807) is 0 Å². The maximum atomic E-state index is 6.07. The molecule has 23 heavy (non-hydrogen) atoms. The number of ether oxygens (including phenoxy) is 2. The highest BCUT2D eigenvalue weighted by Crippen LogP contribution is 2.15. The van der Waals surface area contributed by atoms with Gasteiger partial charge in [0.15, 0.2) is 0 Å². The predicted octanol–water partition coefficient (Wildman–Crippen LogP) is 4.57. The summed E-state index contributed by atoms with van der Waals surface area (Å²) in [7, 11) is -2.34. The van der Waals surface area contributed by atoms with Crippen LogP contribution in [0.15, 0.2) is 0 Å². The highest BCUT2D eigenvalue weighted by atomic mass is 35.5. The molecule has 0 aliphatic rings. The normalized spacial score (nSPS) is 14.9. The Balaban J connectivity index is 4.17. The van der Waals surface area contributed by atoms with E-state index in [2.05, 4.69) is 13.8 Å². The molecule has 0 fully saturated rings. The van der Waals surface area contributed by atoms with E-state index >= 15 is 0 Å². The summed E-state index contributed by atoms with van der Waals surface area (Å²) in [5, 5.41) is 0. The van der Waals surface area contributed by atoms with Crippen LogP contribution < -0.4 is 0 Å². The molecule has 0 aliphatic heterocycles. The van der Waals surface area contributed by atoms with Crippen molar-refractivity contribution in [1.29, 1.82) is 0 Å². The molecule has 0 aromatic carbocycles. The molecule has 0 saturated carbocycles. The summed E-state index contributed by atoms with van der Waals surface area (Å²) in [6.07, 6.45) is 4.04. The molecular weight excluding hydrogens is 355 g/mol. The zero-order valence-corrected chi connectivity index (χ0v) is 17.6. The van der Waals surface area contributed by atoms with Crippen LogP contribution in [0.1, 0.15) is 39.5 Å². The van der Waals surface area contributed by atoms with E-state index in [9.17, 15) is 0 Å². The van der Waals surface area contributed by atoms with Crippen molar-refractivity contribution in [1.82, 2.24) is 0 Å². The first-order chi connectivity index (χ1) is 11.0. The Morgan fingerprint density at radius 3 is 1.48 bits per heavy atom. The van der Waals surface area contributed by atoms with Crippen molar-refractivity contribution < 1.29 is 18.3 Å². The summed E-state index contributed by atoms with van der Waals surface area (Å²) in [4.78, 5) is 0. The number of unbranched alkanes of at least 4 members (excludes halogenated alkanes) is 2. The van der Waals surface area contributed by atoms with E-state index in [0.717, 1.165) is 38.9 Å². The average Bonchev–Trinajstić information content (AvgIpc) is 2.53. The zero-order valence-electron chi connectivity index (χ0n) is 15.1. The molecule has 0 spiro atoms. The standard InChI is InChI=1S/C16H34Cl2O4Si/c1-5-7-9-19-13-15(11-17)21-23(3,4)22-16(12-18)14-20-10-8-6-2/h15-16H,5-14H2,1-4H3. The van der Waals surface area contributed by atoms with Gasteiger partial charge in [-0.05, 0) is 25.9 Å². The third-order valence-corrected chi connectivity index (χ3v) is 5.63. The fourth-order valence-corrected chi connectivity index (χ4v) is 4.45. The highest BCUT2D eigenvalue weighted by Gasteiger charge is 2.32. The molecule has 4 nitrogen and oxygen atoms in total. The lowest BCUT2D eigenvalue weighted by Gasteiger charge is -2.31. The fraction of sp³-hybridized carbons (Fsp3) is 1.00. The molecule has 0 saturated heterocycles. The van der Waals surface area contributed by atoms with Gasteiger partial charge >= 0.3 is 8.56 Å². The number of hydrogen-bond donors (Lipinski definition) is 0. The van der Waals surface area contributed by atoms with E-state index in [1.807, 2.05) is 13.1 Å². The Hall–Kier alpha value is 0.637. The van der Waals surface area contributed by atoms with E-state index in [-0.39, 0.29) is 12.2 Å². The van der Waals surface area contributed by atoms with Crippen LogP contribution in [0.3, 0.4) is 0 Å². The van der Waals surface area contributed by atoms with Crippen molar-refractivity contribution in [3.63, 3.8) is 0 Å². The van der Waals surface area contributed by atoms with E-state index < -0.39 is 8.56 Å². The van der Waals surface area contributed by atoms with Crippen LogP contribution in [0.2, 0.25) is 13.1 Å². The molecule has 0 aromatic heterocycles. The summed E-state index contributed by atoms with van der Waals surface area (Å²) in [6.45, 7) is 10.8. The van der Waals surface area contributed by atoms with Crippen LogP contribution in [-0.4, -0.2) is 59.0 Å². The lowest BCUT2D eigenvalue weighted by molar-refractivity contribution is 0.00866. The highest BCUT2D eigenvalue weighted by molar-refractivity contribution is 6.64.